The number of carbonyl (C=O) groups is 1. The summed E-state index contributed by atoms with van der Waals surface area (Å²) in [7, 11) is 0. The Morgan fingerprint density at radius 2 is 1.87 bits per heavy atom. The predicted molar refractivity (Wildman–Crippen MR) is 93.6 cm³/mol. The third-order valence-electron chi connectivity index (χ3n) is 3.82. The number of pyridine rings is 1. The van der Waals surface area contributed by atoms with Gasteiger partial charge in [-0.25, -0.2) is 4.79 Å². The van der Waals surface area contributed by atoms with Crippen LogP contribution in [0.5, 0.6) is 0 Å². The van der Waals surface area contributed by atoms with Crippen LogP contribution in [0.1, 0.15) is 11.1 Å². The lowest BCUT2D eigenvalue weighted by Gasteiger charge is -2.10. The summed E-state index contributed by atoms with van der Waals surface area (Å²) in [6, 6.07) is 17.6. The number of hydrogen-bond donors (Lipinski definition) is 2. The molecule has 0 radical (unpaired) electrons. The van der Waals surface area contributed by atoms with Gasteiger partial charge in [0.2, 0.25) is 0 Å². The molecule has 4 heteroatoms. The number of para-hydroxylation sites is 1. The number of aromatic nitrogens is 1. The SMILES string of the molecule is Cc1ccccc1CCNC(=O)Nc1cccc2cccnc12. The molecular formula is C19H19N3O. The van der Waals surface area contributed by atoms with E-state index in [4.69, 9.17) is 0 Å². The highest BCUT2D eigenvalue weighted by molar-refractivity contribution is 5.99. The quantitative estimate of drug-likeness (QED) is 0.768. The first-order valence-corrected chi connectivity index (χ1v) is 7.67. The van der Waals surface area contributed by atoms with Crippen LogP contribution in [0.3, 0.4) is 0 Å². The van der Waals surface area contributed by atoms with Gasteiger partial charge < -0.3 is 10.6 Å². The maximum atomic E-state index is 12.1. The first kappa shape index (κ1) is 15.0. The minimum atomic E-state index is -0.211. The topological polar surface area (TPSA) is 54.0 Å². The standard InChI is InChI=1S/C19H19N3O/c1-14-6-2-3-7-15(14)11-13-21-19(23)22-17-10-4-8-16-9-5-12-20-18(16)17/h2-10,12H,11,13H2,1H3,(H2,21,22,23). The molecule has 2 N–H and O–H groups in total. The fraction of sp³-hybridized carbons (Fsp3) is 0.158. The van der Waals surface area contributed by atoms with Crippen molar-refractivity contribution in [1.29, 1.82) is 0 Å². The van der Waals surface area contributed by atoms with Crippen LogP contribution in [0.25, 0.3) is 10.9 Å². The Balaban J connectivity index is 1.60. The van der Waals surface area contributed by atoms with Gasteiger partial charge in [-0.3, -0.25) is 4.98 Å². The van der Waals surface area contributed by atoms with Gasteiger partial charge >= 0.3 is 6.03 Å². The van der Waals surface area contributed by atoms with Gasteiger partial charge in [0.1, 0.15) is 0 Å². The van der Waals surface area contributed by atoms with Crippen LogP contribution in [-0.2, 0) is 6.42 Å². The lowest BCUT2D eigenvalue weighted by molar-refractivity contribution is 0.252. The molecular weight excluding hydrogens is 286 g/mol. The van der Waals surface area contributed by atoms with E-state index in [1.165, 1.54) is 11.1 Å². The number of nitrogens with one attached hydrogen (secondary N) is 2. The van der Waals surface area contributed by atoms with Crippen molar-refractivity contribution in [1.82, 2.24) is 10.3 Å². The molecule has 0 saturated heterocycles. The molecule has 0 spiro atoms. The van der Waals surface area contributed by atoms with E-state index in [0.29, 0.717) is 6.54 Å². The second-order valence-electron chi connectivity index (χ2n) is 5.44. The Morgan fingerprint density at radius 1 is 1.04 bits per heavy atom. The summed E-state index contributed by atoms with van der Waals surface area (Å²) >= 11 is 0. The molecule has 1 heterocycles. The van der Waals surface area contributed by atoms with E-state index < -0.39 is 0 Å². The van der Waals surface area contributed by atoms with Crippen molar-refractivity contribution in [2.75, 3.05) is 11.9 Å². The average Bonchev–Trinajstić information content (AvgIpc) is 2.57. The molecule has 0 aliphatic carbocycles. The number of amides is 2. The summed E-state index contributed by atoms with van der Waals surface area (Å²) in [5.74, 6) is 0. The lowest BCUT2D eigenvalue weighted by Crippen LogP contribution is -2.30. The number of fused-ring (bicyclic) bond motifs is 1. The Labute approximate surface area is 135 Å². The molecule has 3 aromatic rings. The number of rotatable bonds is 4. The molecule has 23 heavy (non-hydrogen) atoms. The number of urea groups is 1. The zero-order valence-electron chi connectivity index (χ0n) is 13.0. The zero-order valence-corrected chi connectivity index (χ0v) is 13.0. The van der Waals surface area contributed by atoms with Crippen molar-refractivity contribution in [2.45, 2.75) is 13.3 Å². The smallest absolute Gasteiger partial charge is 0.319 e. The van der Waals surface area contributed by atoms with Crippen molar-refractivity contribution in [2.24, 2.45) is 0 Å². The highest BCUT2D eigenvalue weighted by Crippen LogP contribution is 2.20. The summed E-state index contributed by atoms with van der Waals surface area (Å²) < 4.78 is 0. The predicted octanol–water partition coefficient (Wildman–Crippen LogP) is 3.91. The normalized spacial score (nSPS) is 10.5. The van der Waals surface area contributed by atoms with E-state index in [-0.39, 0.29) is 6.03 Å². The highest BCUT2D eigenvalue weighted by atomic mass is 16.2. The van der Waals surface area contributed by atoms with Crippen LogP contribution in [0, 0.1) is 6.92 Å². The molecule has 0 atom stereocenters. The van der Waals surface area contributed by atoms with Gasteiger partial charge in [0.05, 0.1) is 11.2 Å². The van der Waals surface area contributed by atoms with Crippen molar-refractivity contribution < 1.29 is 4.79 Å². The van der Waals surface area contributed by atoms with Gasteiger partial charge in [-0.1, -0.05) is 42.5 Å². The zero-order chi connectivity index (χ0) is 16.1. The monoisotopic (exact) mass is 305 g/mol. The molecule has 0 fully saturated rings. The van der Waals surface area contributed by atoms with Gasteiger partial charge in [0.25, 0.3) is 0 Å². The highest BCUT2D eigenvalue weighted by Gasteiger charge is 2.06. The van der Waals surface area contributed by atoms with Crippen LogP contribution < -0.4 is 10.6 Å². The lowest BCUT2D eigenvalue weighted by atomic mass is 10.1. The molecule has 0 unspecified atom stereocenters. The molecule has 2 amide bonds. The van der Waals surface area contributed by atoms with Crippen LogP contribution >= 0.6 is 0 Å². The molecule has 4 nitrogen and oxygen atoms in total. The second kappa shape index (κ2) is 6.92. The summed E-state index contributed by atoms with van der Waals surface area (Å²) in [6.45, 7) is 2.67. The number of aryl methyl sites for hydroxylation is 1. The Bertz CT molecular complexity index is 824. The summed E-state index contributed by atoms with van der Waals surface area (Å²) in [4.78, 5) is 16.4. The van der Waals surface area contributed by atoms with Gasteiger partial charge in [-0.2, -0.15) is 0 Å². The summed E-state index contributed by atoms with van der Waals surface area (Å²) in [6.07, 6.45) is 2.54. The largest absolute Gasteiger partial charge is 0.338 e. The summed E-state index contributed by atoms with van der Waals surface area (Å²) in [5.41, 5.74) is 4.01. The Morgan fingerprint density at radius 3 is 2.74 bits per heavy atom. The average molecular weight is 305 g/mol. The molecule has 0 aliphatic rings. The van der Waals surface area contributed by atoms with Crippen LogP contribution in [0.2, 0.25) is 0 Å². The summed E-state index contributed by atoms with van der Waals surface area (Å²) in [5, 5.41) is 6.77. The molecule has 0 aliphatic heterocycles. The van der Waals surface area contributed by atoms with E-state index in [1.54, 1.807) is 6.20 Å². The van der Waals surface area contributed by atoms with E-state index in [0.717, 1.165) is 23.0 Å². The van der Waals surface area contributed by atoms with Crippen LogP contribution in [0.15, 0.2) is 60.8 Å². The van der Waals surface area contributed by atoms with Gasteiger partial charge in [-0.15, -0.1) is 0 Å². The fourth-order valence-corrected chi connectivity index (χ4v) is 2.57. The number of nitrogens with zero attached hydrogens (tertiary/aromatic N) is 1. The minimum absolute atomic E-state index is 0.211. The van der Waals surface area contributed by atoms with E-state index in [9.17, 15) is 4.79 Å². The van der Waals surface area contributed by atoms with Crippen molar-refractivity contribution in [3.05, 3.63) is 71.9 Å². The maximum Gasteiger partial charge on any atom is 0.319 e. The third-order valence-corrected chi connectivity index (χ3v) is 3.82. The molecule has 1 aromatic heterocycles. The van der Waals surface area contributed by atoms with Crippen LogP contribution in [-0.4, -0.2) is 17.6 Å². The van der Waals surface area contributed by atoms with Gasteiger partial charge in [0, 0.05) is 18.1 Å². The van der Waals surface area contributed by atoms with Crippen molar-refractivity contribution in [3.63, 3.8) is 0 Å². The minimum Gasteiger partial charge on any atom is -0.338 e. The first-order valence-electron chi connectivity index (χ1n) is 7.67. The number of carbonyl (C=O) groups excluding carboxylic acids is 1. The van der Waals surface area contributed by atoms with Gasteiger partial charge in [0.15, 0.2) is 0 Å². The molecule has 2 aromatic carbocycles. The molecule has 0 saturated carbocycles. The number of anilines is 1. The molecule has 3 rings (SSSR count). The van der Waals surface area contributed by atoms with E-state index in [1.807, 2.05) is 42.5 Å². The molecule has 0 bridgehead atoms. The fourth-order valence-electron chi connectivity index (χ4n) is 2.57. The van der Waals surface area contributed by atoms with Gasteiger partial charge in [-0.05, 0) is 36.6 Å². The van der Waals surface area contributed by atoms with E-state index in [2.05, 4.69) is 34.7 Å². The Hall–Kier alpha value is -2.88. The second-order valence-corrected chi connectivity index (χ2v) is 5.44. The Kier molecular flexibility index (Phi) is 4.52. The number of hydrogen-bond acceptors (Lipinski definition) is 2. The van der Waals surface area contributed by atoms with Crippen LogP contribution in [0.4, 0.5) is 10.5 Å². The maximum absolute atomic E-state index is 12.1. The van der Waals surface area contributed by atoms with Crippen molar-refractivity contribution in [3.8, 4) is 0 Å². The molecule has 116 valence electrons. The third kappa shape index (κ3) is 3.66. The number of benzene rings is 2. The van der Waals surface area contributed by atoms with E-state index >= 15 is 0 Å². The first-order chi connectivity index (χ1) is 11.2. The van der Waals surface area contributed by atoms with Crippen molar-refractivity contribution >= 4 is 22.6 Å².